The number of benzene rings is 1. The van der Waals surface area contributed by atoms with Crippen molar-refractivity contribution in [1.82, 2.24) is 0 Å². The van der Waals surface area contributed by atoms with E-state index in [1.54, 1.807) is 25.1 Å². The fourth-order valence-electron chi connectivity index (χ4n) is 1.01. The van der Waals surface area contributed by atoms with Crippen LogP contribution in [0.3, 0.4) is 0 Å². The Morgan fingerprint density at radius 2 is 2.20 bits per heavy atom. The van der Waals surface area contributed by atoms with E-state index in [9.17, 15) is 4.79 Å². The minimum atomic E-state index is -0.603. The Kier molecular flexibility index (Phi) is 4.24. The van der Waals surface area contributed by atoms with Crippen LogP contribution in [0.5, 0.6) is 5.75 Å². The van der Waals surface area contributed by atoms with Crippen molar-refractivity contribution < 1.29 is 9.53 Å². The van der Waals surface area contributed by atoms with Gasteiger partial charge in [0, 0.05) is 5.02 Å². The average Bonchev–Trinajstić information content (AvgIpc) is 2.18. The lowest BCUT2D eigenvalue weighted by Gasteiger charge is -2.11. The van der Waals surface area contributed by atoms with E-state index in [0.29, 0.717) is 16.5 Å². The van der Waals surface area contributed by atoms with Crippen LogP contribution in [0.1, 0.15) is 6.92 Å². The van der Waals surface area contributed by atoms with E-state index in [-0.39, 0.29) is 5.91 Å². The number of anilines is 1. The van der Waals surface area contributed by atoms with Crippen molar-refractivity contribution in [2.24, 2.45) is 0 Å². The molecule has 0 fully saturated rings. The zero-order chi connectivity index (χ0) is 11.4. The molecule has 1 atom stereocenters. The number of halogens is 2. The fourth-order valence-corrected chi connectivity index (χ4v) is 1.24. The summed E-state index contributed by atoms with van der Waals surface area (Å²) < 4.78 is 5.06. The maximum Gasteiger partial charge on any atom is 0.242 e. The van der Waals surface area contributed by atoms with E-state index in [2.05, 4.69) is 5.32 Å². The van der Waals surface area contributed by atoms with Gasteiger partial charge < -0.3 is 10.1 Å². The van der Waals surface area contributed by atoms with Gasteiger partial charge in [-0.15, -0.1) is 11.6 Å². The van der Waals surface area contributed by atoms with E-state index >= 15 is 0 Å². The zero-order valence-corrected chi connectivity index (χ0v) is 9.89. The first-order valence-electron chi connectivity index (χ1n) is 4.33. The molecule has 0 saturated heterocycles. The first-order chi connectivity index (χ1) is 7.04. The minimum absolute atomic E-state index is 0.294. The Bertz CT molecular complexity index is 366. The highest BCUT2D eigenvalue weighted by atomic mass is 35.5. The number of carbonyl (C=O) groups excluding carboxylic acids is 1. The summed E-state index contributed by atoms with van der Waals surface area (Å²) in [6, 6.07) is 4.97. The van der Waals surface area contributed by atoms with E-state index in [4.69, 9.17) is 27.9 Å². The van der Waals surface area contributed by atoms with Crippen LogP contribution in [0, 0.1) is 0 Å². The molecule has 0 radical (unpaired) electrons. The van der Waals surface area contributed by atoms with Gasteiger partial charge in [-0.3, -0.25) is 4.79 Å². The molecule has 1 aromatic rings. The summed E-state index contributed by atoms with van der Waals surface area (Å²) in [5, 5.41) is 2.54. The summed E-state index contributed by atoms with van der Waals surface area (Å²) in [5.74, 6) is 0.252. The van der Waals surface area contributed by atoms with E-state index in [0.717, 1.165) is 0 Å². The predicted octanol–water partition coefficient (Wildman–Crippen LogP) is 2.91. The number of hydrogen-bond donors (Lipinski definition) is 1. The molecule has 1 amide bonds. The van der Waals surface area contributed by atoms with E-state index < -0.39 is 5.38 Å². The van der Waals surface area contributed by atoms with Gasteiger partial charge >= 0.3 is 0 Å². The normalized spacial score (nSPS) is 12.0. The molecule has 1 unspecified atom stereocenters. The lowest BCUT2D eigenvalue weighted by Crippen LogP contribution is -2.20. The molecule has 3 nitrogen and oxygen atoms in total. The van der Waals surface area contributed by atoms with Gasteiger partial charge in [-0.1, -0.05) is 11.6 Å². The maximum atomic E-state index is 11.3. The smallest absolute Gasteiger partial charge is 0.242 e. The van der Waals surface area contributed by atoms with Crippen molar-refractivity contribution >= 4 is 34.8 Å². The van der Waals surface area contributed by atoms with Gasteiger partial charge in [0.25, 0.3) is 0 Å². The van der Waals surface area contributed by atoms with E-state index in [1.165, 1.54) is 7.11 Å². The summed E-state index contributed by atoms with van der Waals surface area (Å²) >= 11 is 11.4. The standard InChI is InChI=1S/C10H11Cl2NO2/c1-6(11)10(14)13-8-5-7(12)3-4-9(8)15-2/h3-6H,1-2H3,(H,13,14). The number of ether oxygens (including phenoxy) is 1. The molecule has 1 rings (SSSR count). The van der Waals surface area contributed by atoms with Crippen molar-refractivity contribution in [3.63, 3.8) is 0 Å². The number of rotatable bonds is 3. The van der Waals surface area contributed by atoms with Crippen LogP contribution in [0.15, 0.2) is 18.2 Å². The topological polar surface area (TPSA) is 38.3 Å². The highest BCUT2D eigenvalue weighted by molar-refractivity contribution is 6.33. The van der Waals surface area contributed by atoms with Gasteiger partial charge in [0.2, 0.25) is 5.91 Å². The summed E-state index contributed by atoms with van der Waals surface area (Å²) in [6.07, 6.45) is 0. The van der Waals surface area contributed by atoms with Crippen LogP contribution in [-0.2, 0) is 4.79 Å². The molecule has 0 aliphatic carbocycles. The number of amides is 1. The average molecular weight is 248 g/mol. The number of carbonyl (C=O) groups is 1. The summed E-state index contributed by atoms with van der Waals surface area (Å²) in [4.78, 5) is 11.3. The molecular weight excluding hydrogens is 237 g/mol. The van der Waals surface area contributed by atoms with Crippen molar-refractivity contribution in [1.29, 1.82) is 0 Å². The molecule has 0 aliphatic rings. The van der Waals surface area contributed by atoms with Crippen LogP contribution >= 0.6 is 23.2 Å². The van der Waals surface area contributed by atoms with Gasteiger partial charge in [-0.25, -0.2) is 0 Å². The monoisotopic (exact) mass is 247 g/mol. The van der Waals surface area contributed by atoms with Crippen molar-refractivity contribution in [3.05, 3.63) is 23.2 Å². The van der Waals surface area contributed by atoms with Crippen LogP contribution in [0.4, 0.5) is 5.69 Å². The molecule has 0 heterocycles. The molecule has 0 aromatic heterocycles. The Morgan fingerprint density at radius 1 is 1.53 bits per heavy atom. The third-order valence-corrected chi connectivity index (χ3v) is 2.21. The molecule has 1 N–H and O–H groups in total. The van der Waals surface area contributed by atoms with Crippen molar-refractivity contribution in [3.8, 4) is 5.75 Å². The first kappa shape index (κ1) is 12.1. The molecule has 15 heavy (non-hydrogen) atoms. The second-order valence-electron chi connectivity index (χ2n) is 2.95. The van der Waals surface area contributed by atoms with Crippen LogP contribution < -0.4 is 10.1 Å². The number of hydrogen-bond acceptors (Lipinski definition) is 2. The zero-order valence-electron chi connectivity index (χ0n) is 8.38. The molecule has 5 heteroatoms. The SMILES string of the molecule is COc1ccc(Cl)cc1NC(=O)C(C)Cl. The number of methoxy groups -OCH3 is 1. The first-order valence-corrected chi connectivity index (χ1v) is 5.14. The summed E-state index contributed by atoms with van der Waals surface area (Å²) in [6.45, 7) is 1.59. The predicted molar refractivity (Wildman–Crippen MR) is 61.9 cm³/mol. The van der Waals surface area contributed by atoms with Gasteiger partial charge in [0.05, 0.1) is 12.8 Å². The Labute approximate surface area is 98.3 Å². The molecular formula is C10H11Cl2NO2. The molecule has 0 spiro atoms. The van der Waals surface area contributed by atoms with Gasteiger partial charge in [0.1, 0.15) is 11.1 Å². The lowest BCUT2D eigenvalue weighted by atomic mass is 10.3. The molecule has 82 valence electrons. The lowest BCUT2D eigenvalue weighted by molar-refractivity contribution is -0.115. The molecule has 0 saturated carbocycles. The van der Waals surface area contributed by atoms with Gasteiger partial charge in [-0.2, -0.15) is 0 Å². The highest BCUT2D eigenvalue weighted by Gasteiger charge is 2.12. The summed E-state index contributed by atoms with van der Waals surface area (Å²) in [5.41, 5.74) is 0.516. The van der Waals surface area contributed by atoms with Crippen molar-refractivity contribution in [2.45, 2.75) is 12.3 Å². The summed E-state index contributed by atoms with van der Waals surface area (Å²) in [7, 11) is 1.52. The number of nitrogens with one attached hydrogen (secondary N) is 1. The third kappa shape index (κ3) is 3.29. The largest absolute Gasteiger partial charge is 0.495 e. The molecule has 0 aliphatic heterocycles. The van der Waals surface area contributed by atoms with Crippen LogP contribution in [0.2, 0.25) is 5.02 Å². The third-order valence-electron chi connectivity index (χ3n) is 1.78. The Hall–Kier alpha value is -0.930. The Balaban J connectivity index is 2.92. The van der Waals surface area contributed by atoms with Crippen molar-refractivity contribution in [2.75, 3.05) is 12.4 Å². The second-order valence-corrected chi connectivity index (χ2v) is 4.04. The maximum absolute atomic E-state index is 11.3. The van der Waals surface area contributed by atoms with Crippen LogP contribution in [-0.4, -0.2) is 18.4 Å². The number of alkyl halides is 1. The van der Waals surface area contributed by atoms with E-state index in [1.807, 2.05) is 0 Å². The minimum Gasteiger partial charge on any atom is -0.495 e. The molecule has 0 bridgehead atoms. The highest BCUT2D eigenvalue weighted by Crippen LogP contribution is 2.27. The fraction of sp³-hybridized carbons (Fsp3) is 0.300. The Morgan fingerprint density at radius 3 is 2.73 bits per heavy atom. The quantitative estimate of drug-likeness (QED) is 0.835. The molecule has 1 aromatic carbocycles. The second kappa shape index (κ2) is 5.24. The van der Waals surface area contributed by atoms with Gasteiger partial charge in [-0.05, 0) is 25.1 Å². The van der Waals surface area contributed by atoms with Crippen LogP contribution in [0.25, 0.3) is 0 Å². The van der Waals surface area contributed by atoms with Gasteiger partial charge in [0.15, 0.2) is 0 Å².